The van der Waals surface area contributed by atoms with Crippen molar-refractivity contribution in [3.8, 4) is 0 Å². The molecule has 0 aliphatic rings. The maximum absolute atomic E-state index is 13.7. The molecule has 1 amide bonds. The quantitative estimate of drug-likeness (QED) is 0.872. The fraction of sp³-hybridized carbons (Fsp3) is 0.235. The van der Waals surface area contributed by atoms with Crippen LogP contribution in [-0.4, -0.2) is 19.0 Å². The van der Waals surface area contributed by atoms with Gasteiger partial charge in [-0.2, -0.15) is 0 Å². The average Bonchev–Trinajstić information content (AvgIpc) is 2.48. The van der Waals surface area contributed by atoms with Gasteiger partial charge in [0.25, 0.3) is 5.91 Å². The number of anilines is 1. The summed E-state index contributed by atoms with van der Waals surface area (Å²) in [6.07, 6.45) is 0. The van der Waals surface area contributed by atoms with Gasteiger partial charge >= 0.3 is 0 Å². The predicted molar refractivity (Wildman–Crippen MR) is 86.5 cm³/mol. The standard InChI is InChI=1S/C17H18ClFN2O/c1-12(17(22)20-15-8-5-7-14(18)10-15)21(2)11-13-6-3-4-9-16(13)19/h3-10,12H,11H2,1-2H3,(H,20,22)/p+1/t12-/m1/s1. The highest BCUT2D eigenvalue weighted by Crippen LogP contribution is 2.14. The molecule has 2 aromatic rings. The number of hydrogen-bond acceptors (Lipinski definition) is 1. The molecule has 0 spiro atoms. The molecule has 2 aromatic carbocycles. The highest BCUT2D eigenvalue weighted by Gasteiger charge is 2.22. The highest BCUT2D eigenvalue weighted by molar-refractivity contribution is 6.30. The van der Waals surface area contributed by atoms with Gasteiger partial charge in [-0.15, -0.1) is 0 Å². The molecule has 0 heterocycles. The fourth-order valence-corrected chi connectivity index (χ4v) is 2.33. The number of carbonyl (C=O) groups is 1. The lowest BCUT2D eigenvalue weighted by Gasteiger charge is -2.21. The maximum Gasteiger partial charge on any atom is 0.282 e. The molecule has 22 heavy (non-hydrogen) atoms. The Morgan fingerprint density at radius 2 is 2.00 bits per heavy atom. The smallest absolute Gasteiger partial charge is 0.282 e. The number of likely N-dealkylation sites (N-methyl/N-ethyl adjacent to an activating group) is 1. The van der Waals surface area contributed by atoms with Crippen molar-refractivity contribution >= 4 is 23.2 Å². The van der Waals surface area contributed by atoms with E-state index >= 15 is 0 Å². The number of nitrogens with one attached hydrogen (secondary N) is 2. The molecule has 5 heteroatoms. The lowest BCUT2D eigenvalue weighted by atomic mass is 10.1. The second-order valence-electron chi connectivity index (χ2n) is 5.34. The van der Waals surface area contributed by atoms with Crippen LogP contribution >= 0.6 is 11.6 Å². The first-order chi connectivity index (χ1) is 10.5. The Morgan fingerprint density at radius 1 is 1.27 bits per heavy atom. The Balaban J connectivity index is 1.99. The molecule has 0 fully saturated rings. The monoisotopic (exact) mass is 321 g/mol. The van der Waals surface area contributed by atoms with Crippen molar-refractivity contribution in [3.63, 3.8) is 0 Å². The van der Waals surface area contributed by atoms with E-state index in [1.807, 2.05) is 14.0 Å². The Morgan fingerprint density at radius 3 is 2.68 bits per heavy atom. The van der Waals surface area contributed by atoms with Gasteiger partial charge in [-0.05, 0) is 31.2 Å². The summed E-state index contributed by atoms with van der Waals surface area (Å²) >= 11 is 5.90. The van der Waals surface area contributed by atoms with Crippen LogP contribution in [0, 0.1) is 5.82 Å². The largest absolute Gasteiger partial charge is 0.324 e. The van der Waals surface area contributed by atoms with Gasteiger partial charge in [-0.3, -0.25) is 4.79 Å². The fourth-order valence-electron chi connectivity index (χ4n) is 2.14. The number of rotatable bonds is 5. The molecule has 3 nitrogen and oxygen atoms in total. The summed E-state index contributed by atoms with van der Waals surface area (Å²) in [5, 5.41) is 3.39. The molecule has 0 bridgehead atoms. The molecule has 1 unspecified atom stereocenters. The Hall–Kier alpha value is -1.91. The second-order valence-corrected chi connectivity index (χ2v) is 5.77. The Kier molecular flexibility index (Phi) is 5.52. The summed E-state index contributed by atoms with van der Waals surface area (Å²) in [6.45, 7) is 2.26. The van der Waals surface area contributed by atoms with E-state index < -0.39 is 0 Å². The van der Waals surface area contributed by atoms with E-state index in [0.29, 0.717) is 22.8 Å². The average molecular weight is 322 g/mol. The molecule has 0 aliphatic heterocycles. The van der Waals surface area contributed by atoms with Crippen LogP contribution in [0.4, 0.5) is 10.1 Å². The van der Waals surface area contributed by atoms with Crippen LogP contribution in [0.2, 0.25) is 5.02 Å². The van der Waals surface area contributed by atoms with Crippen LogP contribution in [0.15, 0.2) is 48.5 Å². The van der Waals surface area contributed by atoms with E-state index in [4.69, 9.17) is 11.6 Å². The molecular weight excluding hydrogens is 303 g/mol. The number of carbonyl (C=O) groups excluding carboxylic acids is 1. The number of benzene rings is 2. The van der Waals surface area contributed by atoms with E-state index in [9.17, 15) is 9.18 Å². The molecule has 2 rings (SSSR count). The van der Waals surface area contributed by atoms with E-state index in [0.717, 1.165) is 4.90 Å². The third-order valence-electron chi connectivity index (χ3n) is 3.65. The van der Waals surface area contributed by atoms with Crippen molar-refractivity contribution in [1.82, 2.24) is 0 Å². The van der Waals surface area contributed by atoms with Crippen LogP contribution in [0.3, 0.4) is 0 Å². The minimum absolute atomic E-state index is 0.129. The van der Waals surface area contributed by atoms with Crippen LogP contribution in [0.25, 0.3) is 0 Å². The molecule has 2 N–H and O–H groups in total. The Labute approximate surface area is 134 Å². The van der Waals surface area contributed by atoms with Gasteiger partial charge in [0.05, 0.1) is 7.05 Å². The third kappa shape index (κ3) is 4.29. The first-order valence-corrected chi connectivity index (χ1v) is 7.47. The third-order valence-corrected chi connectivity index (χ3v) is 3.89. The number of quaternary nitrogens is 1. The lowest BCUT2D eigenvalue weighted by Crippen LogP contribution is -3.12. The zero-order chi connectivity index (χ0) is 16.1. The lowest BCUT2D eigenvalue weighted by molar-refractivity contribution is -0.908. The van der Waals surface area contributed by atoms with Gasteiger partial charge in [0.2, 0.25) is 0 Å². The zero-order valence-electron chi connectivity index (χ0n) is 12.6. The molecule has 0 saturated heterocycles. The molecule has 0 aromatic heterocycles. The summed E-state index contributed by atoms with van der Waals surface area (Å²) in [4.78, 5) is 13.2. The topological polar surface area (TPSA) is 33.5 Å². The van der Waals surface area contributed by atoms with Gasteiger partial charge in [0.15, 0.2) is 6.04 Å². The van der Waals surface area contributed by atoms with Crippen LogP contribution < -0.4 is 10.2 Å². The van der Waals surface area contributed by atoms with Gasteiger partial charge in [0.1, 0.15) is 12.4 Å². The van der Waals surface area contributed by atoms with Crippen molar-refractivity contribution in [2.45, 2.75) is 19.5 Å². The highest BCUT2D eigenvalue weighted by atomic mass is 35.5. The molecule has 2 atom stereocenters. The van der Waals surface area contributed by atoms with Crippen LogP contribution in [0.1, 0.15) is 12.5 Å². The van der Waals surface area contributed by atoms with Gasteiger partial charge in [0, 0.05) is 16.3 Å². The van der Waals surface area contributed by atoms with Gasteiger partial charge in [-0.25, -0.2) is 4.39 Å². The summed E-state index contributed by atoms with van der Waals surface area (Å²) in [5.41, 5.74) is 1.26. The number of halogens is 2. The minimum Gasteiger partial charge on any atom is -0.324 e. The molecule has 0 radical (unpaired) electrons. The van der Waals surface area contributed by atoms with Crippen LogP contribution in [0.5, 0.6) is 0 Å². The number of hydrogen-bond donors (Lipinski definition) is 2. The Bertz CT molecular complexity index is 663. The molecule has 116 valence electrons. The van der Waals surface area contributed by atoms with Crippen molar-refractivity contribution in [2.75, 3.05) is 12.4 Å². The van der Waals surface area contributed by atoms with Crippen molar-refractivity contribution in [1.29, 1.82) is 0 Å². The van der Waals surface area contributed by atoms with E-state index in [1.165, 1.54) is 6.07 Å². The van der Waals surface area contributed by atoms with Crippen LogP contribution in [-0.2, 0) is 11.3 Å². The van der Waals surface area contributed by atoms with E-state index in [-0.39, 0.29) is 17.8 Å². The predicted octanol–water partition coefficient (Wildman–Crippen LogP) is 2.52. The van der Waals surface area contributed by atoms with Crippen molar-refractivity contribution in [3.05, 3.63) is 64.9 Å². The molecular formula is C17H19ClFN2O+. The minimum atomic E-state index is -0.321. The normalized spacial score (nSPS) is 13.5. The second kappa shape index (κ2) is 7.38. The summed E-state index contributed by atoms with van der Waals surface area (Å²) in [6, 6.07) is 13.3. The first-order valence-electron chi connectivity index (χ1n) is 7.09. The van der Waals surface area contributed by atoms with Crippen molar-refractivity contribution in [2.24, 2.45) is 0 Å². The zero-order valence-corrected chi connectivity index (χ0v) is 13.3. The van der Waals surface area contributed by atoms with E-state index in [2.05, 4.69) is 5.32 Å². The van der Waals surface area contributed by atoms with Crippen molar-refractivity contribution < 1.29 is 14.1 Å². The van der Waals surface area contributed by atoms with E-state index in [1.54, 1.807) is 42.5 Å². The first kappa shape index (κ1) is 16.5. The van der Waals surface area contributed by atoms with Gasteiger partial charge in [-0.1, -0.05) is 35.9 Å². The number of amides is 1. The SMILES string of the molecule is C[C@H](C(=O)Nc1cccc(Cl)c1)[NH+](C)Cc1ccccc1F. The van der Waals surface area contributed by atoms with Gasteiger partial charge < -0.3 is 10.2 Å². The molecule has 0 saturated carbocycles. The summed E-state index contributed by atoms with van der Waals surface area (Å²) in [7, 11) is 1.87. The summed E-state index contributed by atoms with van der Waals surface area (Å²) in [5.74, 6) is -0.375. The maximum atomic E-state index is 13.7. The summed E-state index contributed by atoms with van der Waals surface area (Å²) < 4.78 is 13.7. The molecule has 0 aliphatic carbocycles.